The third-order valence-corrected chi connectivity index (χ3v) is 4.92. The lowest BCUT2D eigenvalue weighted by Gasteiger charge is -2.37. The molecular weight excluding hydrogens is 461 g/mol. The highest BCUT2D eigenvalue weighted by Crippen LogP contribution is 2.17. The summed E-state index contributed by atoms with van der Waals surface area (Å²) in [6.07, 6.45) is 2.88. The van der Waals surface area contributed by atoms with E-state index >= 15 is 0 Å². The molecule has 0 saturated carbocycles. The molecule has 3 rings (SSSR count). The molecule has 1 aliphatic rings. The number of benzene rings is 1. The second-order valence-corrected chi connectivity index (χ2v) is 7.11. The van der Waals surface area contributed by atoms with Crippen LogP contribution >= 0.6 is 24.0 Å². The van der Waals surface area contributed by atoms with Crippen LogP contribution in [0.2, 0.25) is 0 Å². The lowest BCUT2D eigenvalue weighted by Crippen LogP contribution is -2.52. The average Bonchev–Trinajstić information content (AvgIpc) is 2.69. The van der Waals surface area contributed by atoms with Crippen LogP contribution in [0, 0.1) is 13.8 Å². The van der Waals surface area contributed by atoms with Gasteiger partial charge in [-0.3, -0.25) is 9.98 Å². The molecule has 0 unspecified atom stereocenters. The molecule has 2 heterocycles. The summed E-state index contributed by atoms with van der Waals surface area (Å²) < 4.78 is 0. The zero-order valence-corrected chi connectivity index (χ0v) is 19.5. The number of nitrogens with zero attached hydrogens (tertiary/aromatic N) is 4. The fraction of sp³-hybridized carbons (Fsp3) is 0.455. The van der Waals surface area contributed by atoms with E-state index in [2.05, 4.69) is 70.3 Å². The summed E-state index contributed by atoms with van der Waals surface area (Å²) >= 11 is 0. The molecule has 1 N–H and O–H groups in total. The van der Waals surface area contributed by atoms with Crippen molar-refractivity contribution in [2.45, 2.75) is 27.2 Å². The van der Waals surface area contributed by atoms with E-state index in [9.17, 15) is 0 Å². The Kier molecular flexibility index (Phi) is 9.02. The van der Waals surface area contributed by atoms with Crippen LogP contribution in [0.3, 0.4) is 0 Å². The SMILES string of the molecule is CCNC(=NCCc1ccc(C)nc1)N1CCN(c2cccc(C)c2)CC1.I. The number of aliphatic imine (C=N–C) groups is 1. The molecule has 0 bridgehead atoms. The Morgan fingerprint density at radius 3 is 2.54 bits per heavy atom. The summed E-state index contributed by atoms with van der Waals surface area (Å²) in [6, 6.07) is 13.0. The third kappa shape index (κ3) is 6.36. The molecular formula is C22H32IN5. The number of nitrogens with one attached hydrogen (secondary N) is 1. The van der Waals surface area contributed by atoms with Crippen molar-refractivity contribution < 1.29 is 0 Å². The number of piperazine rings is 1. The number of aromatic nitrogens is 1. The van der Waals surface area contributed by atoms with Crippen molar-refractivity contribution in [3.63, 3.8) is 0 Å². The van der Waals surface area contributed by atoms with Crippen LogP contribution in [0.15, 0.2) is 47.6 Å². The van der Waals surface area contributed by atoms with Gasteiger partial charge in [-0.25, -0.2) is 0 Å². The molecule has 152 valence electrons. The highest BCUT2D eigenvalue weighted by molar-refractivity contribution is 14.0. The molecule has 1 aromatic heterocycles. The molecule has 0 amide bonds. The first-order chi connectivity index (χ1) is 13.2. The number of rotatable bonds is 5. The molecule has 1 fully saturated rings. The molecule has 6 heteroatoms. The van der Waals surface area contributed by atoms with Crippen LogP contribution in [0.25, 0.3) is 0 Å². The smallest absolute Gasteiger partial charge is 0.194 e. The second kappa shape index (κ2) is 11.2. The Bertz CT molecular complexity index is 752. The summed E-state index contributed by atoms with van der Waals surface area (Å²) in [7, 11) is 0. The first kappa shape index (κ1) is 22.5. The molecule has 2 aromatic rings. The van der Waals surface area contributed by atoms with Gasteiger partial charge in [0.1, 0.15) is 0 Å². The van der Waals surface area contributed by atoms with Gasteiger partial charge >= 0.3 is 0 Å². The minimum Gasteiger partial charge on any atom is -0.368 e. The fourth-order valence-corrected chi connectivity index (χ4v) is 3.36. The monoisotopic (exact) mass is 493 g/mol. The summed E-state index contributed by atoms with van der Waals surface area (Å²) in [5.74, 6) is 1.03. The van der Waals surface area contributed by atoms with Gasteiger partial charge in [-0.05, 0) is 56.5 Å². The normalized spacial score (nSPS) is 14.6. The first-order valence-corrected chi connectivity index (χ1v) is 9.92. The van der Waals surface area contributed by atoms with E-state index < -0.39 is 0 Å². The Balaban J connectivity index is 0.00000280. The van der Waals surface area contributed by atoms with Crippen molar-refractivity contribution in [2.75, 3.05) is 44.2 Å². The van der Waals surface area contributed by atoms with Crippen molar-refractivity contribution in [1.82, 2.24) is 15.2 Å². The molecule has 0 radical (unpaired) electrons. The summed E-state index contributed by atoms with van der Waals surface area (Å²) in [5, 5.41) is 3.45. The standard InChI is InChI=1S/C22H31N5.HI/c1-4-23-22(24-11-10-20-9-8-19(3)25-17-20)27-14-12-26(13-15-27)21-7-5-6-18(2)16-21;/h5-9,16-17H,4,10-15H2,1-3H3,(H,23,24);1H. The quantitative estimate of drug-likeness (QED) is 0.393. The number of aryl methyl sites for hydroxylation is 2. The Morgan fingerprint density at radius 1 is 1.11 bits per heavy atom. The van der Waals surface area contributed by atoms with E-state index in [-0.39, 0.29) is 24.0 Å². The molecule has 0 atom stereocenters. The Morgan fingerprint density at radius 2 is 1.89 bits per heavy atom. The molecule has 0 aliphatic carbocycles. The van der Waals surface area contributed by atoms with Crippen molar-refractivity contribution in [2.24, 2.45) is 4.99 Å². The van der Waals surface area contributed by atoms with E-state index in [0.29, 0.717) is 0 Å². The molecule has 28 heavy (non-hydrogen) atoms. The number of anilines is 1. The van der Waals surface area contributed by atoms with Crippen LogP contribution in [0.5, 0.6) is 0 Å². The largest absolute Gasteiger partial charge is 0.368 e. The molecule has 5 nitrogen and oxygen atoms in total. The number of halogens is 1. The molecule has 0 spiro atoms. The fourth-order valence-electron chi connectivity index (χ4n) is 3.36. The molecule has 1 aromatic carbocycles. The van der Waals surface area contributed by atoms with Crippen LogP contribution in [-0.2, 0) is 6.42 Å². The van der Waals surface area contributed by atoms with Crippen molar-refractivity contribution in [3.05, 3.63) is 59.4 Å². The average molecular weight is 493 g/mol. The van der Waals surface area contributed by atoms with E-state index in [0.717, 1.165) is 57.3 Å². The highest BCUT2D eigenvalue weighted by Gasteiger charge is 2.19. The van der Waals surface area contributed by atoms with E-state index in [1.807, 2.05) is 13.1 Å². The summed E-state index contributed by atoms with van der Waals surface area (Å²) in [4.78, 5) is 14.1. The summed E-state index contributed by atoms with van der Waals surface area (Å²) in [5.41, 5.74) is 4.94. The van der Waals surface area contributed by atoms with E-state index in [1.165, 1.54) is 16.8 Å². The zero-order valence-electron chi connectivity index (χ0n) is 17.2. The van der Waals surface area contributed by atoms with Crippen LogP contribution in [-0.4, -0.2) is 55.1 Å². The van der Waals surface area contributed by atoms with Gasteiger partial charge in [0.15, 0.2) is 5.96 Å². The topological polar surface area (TPSA) is 43.8 Å². The summed E-state index contributed by atoms with van der Waals surface area (Å²) in [6.45, 7) is 12.0. The van der Waals surface area contributed by atoms with Crippen LogP contribution in [0.1, 0.15) is 23.7 Å². The predicted octanol–water partition coefficient (Wildman–Crippen LogP) is 3.65. The van der Waals surface area contributed by atoms with E-state index in [4.69, 9.17) is 4.99 Å². The maximum atomic E-state index is 4.85. The Hall–Kier alpha value is -1.83. The number of hydrogen-bond acceptors (Lipinski definition) is 3. The number of guanidine groups is 1. The van der Waals surface area contributed by atoms with Gasteiger partial charge in [0, 0.05) is 56.8 Å². The van der Waals surface area contributed by atoms with Gasteiger partial charge in [0.05, 0.1) is 0 Å². The molecule has 1 saturated heterocycles. The molecule has 1 aliphatic heterocycles. The first-order valence-electron chi connectivity index (χ1n) is 9.92. The van der Waals surface area contributed by atoms with E-state index in [1.54, 1.807) is 0 Å². The maximum absolute atomic E-state index is 4.85. The second-order valence-electron chi connectivity index (χ2n) is 7.11. The number of pyridine rings is 1. The lowest BCUT2D eigenvalue weighted by molar-refractivity contribution is 0.372. The minimum absolute atomic E-state index is 0. The third-order valence-electron chi connectivity index (χ3n) is 4.92. The van der Waals surface area contributed by atoms with Gasteiger partial charge in [-0.15, -0.1) is 24.0 Å². The van der Waals surface area contributed by atoms with Gasteiger partial charge < -0.3 is 15.1 Å². The van der Waals surface area contributed by atoms with Crippen LogP contribution < -0.4 is 10.2 Å². The van der Waals surface area contributed by atoms with Gasteiger partial charge in [0.2, 0.25) is 0 Å². The van der Waals surface area contributed by atoms with Gasteiger partial charge in [-0.1, -0.05) is 18.2 Å². The maximum Gasteiger partial charge on any atom is 0.194 e. The highest BCUT2D eigenvalue weighted by atomic mass is 127. The van der Waals surface area contributed by atoms with Gasteiger partial charge in [0.25, 0.3) is 0 Å². The van der Waals surface area contributed by atoms with Crippen LogP contribution in [0.4, 0.5) is 5.69 Å². The lowest BCUT2D eigenvalue weighted by atomic mass is 10.2. The van der Waals surface area contributed by atoms with Crippen molar-refractivity contribution in [1.29, 1.82) is 0 Å². The zero-order chi connectivity index (χ0) is 19.1. The Labute approximate surface area is 186 Å². The van der Waals surface area contributed by atoms with Gasteiger partial charge in [-0.2, -0.15) is 0 Å². The number of hydrogen-bond donors (Lipinski definition) is 1. The minimum atomic E-state index is 0. The van der Waals surface area contributed by atoms with Crippen molar-refractivity contribution >= 4 is 35.6 Å². The van der Waals surface area contributed by atoms with Crippen molar-refractivity contribution in [3.8, 4) is 0 Å². The predicted molar refractivity (Wildman–Crippen MR) is 129 cm³/mol.